The van der Waals surface area contributed by atoms with Crippen molar-refractivity contribution in [3.63, 3.8) is 0 Å². The third-order valence-corrected chi connectivity index (χ3v) is 5.45. The van der Waals surface area contributed by atoms with E-state index in [1.54, 1.807) is 6.92 Å². The molecule has 2 aliphatic rings. The normalized spacial score (nSPS) is 21.9. The van der Waals surface area contributed by atoms with Crippen LogP contribution in [0.15, 0.2) is 36.5 Å². The standard InChI is InChI=1S/C20H23N5O2/c1-12(26)25-10-16(13-7-8-13)17(11-25)23-19(27)15-9-22-20(21)24-18(15)14-5-3-2-4-6-14/h2-6,9,13,16-17H,7-8,10-11H2,1H3,(H,23,27)(H2,21,22,24)/t16-,17+/m1/s1. The van der Waals surface area contributed by atoms with Crippen molar-refractivity contribution in [1.82, 2.24) is 20.2 Å². The summed E-state index contributed by atoms with van der Waals surface area (Å²) in [6.07, 6.45) is 3.82. The van der Waals surface area contributed by atoms with Gasteiger partial charge < -0.3 is 16.0 Å². The second-order valence-electron chi connectivity index (χ2n) is 7.36. The number of anilines is 1. The van der Waals surface area contributed by atoms with Gasteiger partial charge >= 0.3 is 0 Å². The van der Waals surface area contributed by atoms with Gasteiger partial charge in [-0.15, -0.1) is 0 Å². The highest BCUT2D eigenvalue weighted by atomic mass is 16.2. The Morgan fingerprint density at radius 3 is 2.59 bits per heavy atom. The number of rotatable bonds is 4. The van der Waals surface area contributed by atoms with Crippen molar-refractivity contribution >= 4 is 17.8 Å². The Kier molecular flexibility index (Phi) is 4.51. The summed E-state index contributed by atoms with van der Waals surface area (Å²) in [7, 11) is 0. The van der Waals surface area contributed by atoms with E-state index in [9.17, 15) is 9.59 Å². The fraction of sp³-hybridized carbons (Fsp3) is 0.400. The van der Waals surface area contributed by atoms with E-state index < -0.39 is 0 Å². The average Bonchev–Trinajstić information content (AvgIpc) is 3.42. The van der Waals surface area contributed by atoms with Crippen molar-refractivity contribution < 1.29 is 9.59 Å². The number of nitrogen functional groups attached to an aromatic ring is 1. The molecule has 1 aromatic carbocycles. The first kappa shape index (κ1) is 17.5. The number of nitrogens with one attached hydrogen (secondary N) is 1. The van der Waals surface area contributed by atoms with E-state index in [4.69, 9.17) is 5.73 Å². The van der Waals surface area contributed by atoms with Crippen LogP contribution < -0.4 is 11.1 Å². The zero-order valence-corrected chi connectivity index (χ0v) is 15.3. The number of amides is 2. The summed E-state index contributed by atoms with van der Waals surface area (Å²) in [6, 6.07) is 9.41. The number of carbonyl (C=O) groups is 2. The molecule has 3 N–H and O–H groups in total. The number of benzene rings is 1. The Morgan fingerprint density at radius 1 is 1.19 bits per heavy atom. The monoisotopic (exact) mass is 365 g/mol. The van der Waals surface area contributed by atoms with Gasteiger partial charge in [0.15, 0.2) is 0 Å². The lowest BCUT2D eigenvalue weighted by atomic mass is 9.97. The molecule has 1 aliphatic heterocycles. The van der Waals surface area contributed by atoms with Crippen LogP contribution >= 0.6 is 0 Å². The summed E-state index contributed by atoms with van der Waals surface area (Å²) in [6.45, 7) is 2.85. The highest BCUT2D eigenvalue weighted by molar-refractivity contribution is 6.00. The molecule has 140 valence electrons. The number of aromatic nitrogens is 2. The van der Waals surface area contributed by atoms with Crippen molar-refractivity contribution in [3.8, 4) is 11.3 Å². The third kappa shape index (κ3) is 3.63. The summed E-state index contributed by atoms with van der Waals surface area (Å²) < 4.78 is 0. The number of nitrogens with two attached hydrogens (primary N) is 1. The number of nitrogens with zero attached hydrogens (tertiary/aromatic N) is 3. The van der Waals surface area contributed by atoms with Gasteiger partial charge in [-0.2, -0.15) is 0 Å². The zero-order chi connectivity index (χ0) is 19.0. The molecule has 7 heteroatoms. The number of carbonyl (C=O) groups excluding carboxylic acids is 2. The lowest BCUT2D eigenvalue weighted by Crippen LogP contribution is -2.41. The first-order chi connectivity index (χ1) is 13.0. The van der Waals surface area contributed by atoms with Crippen LogP contribution in [0.25, 0.3) is 11.3 Å². The SMILES string of the molecule is CC(=O)N1C[C@H](NC(=O)c2cnc(N)nc2-c2ccccc2)[C@@H](C2CC2)C1. The van der Waals surface area contributed by atoms with Gasteiger partial charge in [-0.25, -0.2) is 9.97 Å². The van der Waals surface area contributed by atoms with E-state index in [1.807, 2.05) is 35.2 Å². The maximum Gasteiger partial charge on any atom is 0.255 e. The highest BCUT2D eigenvalue weighted by Crippen LogP contribution is 2.41. The molecule has 27 heavy (non-hydrogen) atoms. The Labute approximate surface area is 158 Å². The molecule has 0 bridgehead atoms. The van der Waals surface area contributed by atoms with E-state index >= 15 is 0 Å². The molecule has 0 spiro atoms. The molecule has 2 fully saturated rings. The van der Waals surface area contributed by atoms with Gasteiger partial charge in [0.25, 0.3) is 5.91 Å². The van der Waals surface area contributed by atoms with Crippen LogP contribution in [0, 0.1) is 11.8 Å². The highest BCUT2D eigenvalue weighted by Gasteiger charge is 2.44. The molecule has 2 heterocycles. The van der Waals surface area contributed by atoms with E-state index in [0.29, 0.717) is 36.2 Å². The molecule has 0 unspecified atom stereocenters. The van der Waals surface area contributed by atoms with E-state index in [2.05, 4.69) is 15.3 Å². The van der Waals surface area contributed by atoms with Crippen molar-refractivity contribution in [1.29, 1.82) is 0 Å². The second-order valence-corrected chi connectivity index (χ2v) is 7.36. The molecule has 4 rings (SSSR count). The van der Waals surface area contributed by atoms with Crippen LogP contribution in [-0.2, 0) is 4.79 Å². The Bertz CT molecular complexity index is 866. The van der Waals surface area contributed by atoms with Crippen LogP contribution in [0.4, 0.5) is 5.95 Å². The van der Waals surface area contributed by atoms with Crippen molar-refractivity contribution in [2.45, 2.75) is 25.8 Å². The van der Waals surface area contributed by atoms with Crippen molar-refractivity contribution in [2.75, 3.05) is 18.8 Å². The molecule has 2 atom stereocenters. The van der Waals surface area contributed by atoms with Crippen LogP contribution in [0.3, 0.4) is 0 Å². The molecule has 1 aliphatic carbocycles. The first-order valence-corrected chi connectivity index (χ1v) is 9.27. The number of hydrogen-bond donors (Lipinski definition) is 2. The summed E-state index contributed by atoms with van der Waals surface area (Å²) in [5.41, 5.74) is 7.48. The Balaban J connectivity index is 1.59. The molecule has 0 radical (unpaired) electrons. The van der Waals surface area contributed by atoms with Gasteiger partial charge in [0, 0.05) is 37.7 Å². The maximum absolute atomic E-state index is 13.0. The zero-order valence-electron chi connectivity index (χ0n) is 15.3. The molecule has 2 aromatic rings. The largest absolute Gasteiger partial charge is 0.368 e. The van der Waals surface area contributed by atoms with Gasteiger partial charge in [0.2, 0.25) is 11.9 Å². The summed E-state index contributed by atoms with van der Waals surface area (Å²) in [4.78, 5) is 35.0. The van der Waals surface area contributed by atoms with Gasteiger partial charge in [-0.1, -0.05) is 30.3 Å². The van der Waals surface area contributed by atoms with Gasteiger partial charge in [0.05, 0.1) is 17.3 Å². The molecular weight excluding hydrogens is 342 g/mol. The molecule has 7 nitrogen and oxygen atoms in total. The Hall–Kier alpha value is -2.96. The fourth-order valence-corrected chi connectivity index (χ4v) is 3.86. The maximum atomic E-state index is 13.0. The number of hydrogen-bond acceptors (Lipinski definition) is 5. The second kappa shape index (κ2) is 6.98. The summed E-state index contributed by atoms with van der Waals surface area (Å²) >= 11 is 0. The smallest absolute Gasteiger partial charge is 0.255 e. The van der Waals surface area contributed by atoms with Crippen LogP contribution in [0.2, 0.25) is 0 Å². The van der Waals surface area contributed by atoms with E-state index in [-0.39, 0.29) is 23.8 Å². The summed E-state index contributed by atoms with van der Waals surface area (Å²) in [5, 5.41) is 3.13. The van der Waals surface area contributed by atoms with Crippen LogP contribution in [0.5, 0.6) is 0 Å². The Morgan fingerprint density at radius 2 is 1.93 bits per heavy atom. The van der Waals surface area contributed by atoms with Crippen molar-refractivity contribution in [2.24, 2.45) is 11.8 Å². The quantitative estimate of drug-likeness (QED) is 0.859. The molecule has 1 saturated heterocycles. The van der Waals surface area contributed by atoms with E-state index in [1.165, 1.54) is 19.0 Å². The van der Waals surface area contributed by atoms with Crippen molar-refractivity contribution in [3.05, 3.63) is 42.1 Å². The molecule has 1 aromatic heterocycles. The van der Waals surface area contributed by atoms with Crippen LogP contribution in [-0.4, -0.2) is 45.8 Å². The lowest BCUT2D eigenvalue weighted by Gasteiger charge is -2.20. The fourth-order valence-electron chi connectivity index (χ4n) is 3.86. The third-order valence-electron chi connectivity index (χ3n) is 5.45. The number of likely N-dealkylation sites (tertiary alicyclic amines) is 1. The summed E-state index contributed by atoms with van der Waals surface area (Å²) in [5.74, 6) is 0.863. The topological polar surface area (TPSA) is 101 Å². The molecule has 1 saturated carbocycles. The van der Waals surface area contributed by atoms with Gasteiger partial charge in [-0.3, -0.25) is 9.59 Å². The average molecular weight is 365 g/mol. The molecular formula is C20H23N5O2. The minimum atomic E-state index is -0.227. The van der Waals surface area contributed by atoms with Crippen LogP contribution in [0.1, 0.15) is 30.1 Å². The van der Waals surface area contributed by atoms with Gasteiger partial charge in [0.1, 0.15) is 0 Å². The van der Waals surface area contributed by atoms with E-state index in [0.717, 1.165) is 5.56 Å². The predicted octanol–water partition coefficient (Wildman–Crippen LogP) is 1.71. The minimum absolute atomic E-state index is 0.0462. The predicted molar refractivity (Wildman–Crippen MR) is 102 cm³/mol. The first-order valence-electron chi connectivity index (χ1n) is 9.27. The lowest BCUT2D eigenvalue weighted by molar-refractivity contribution is -0.128. The minimum Gasteiger partial charge on any atom is -0.368 e. The van der Waals surface area contributed by atoms with Gasteiger partial charge in [-0.05, 0) is 18.8 Å². The molecule has 2 amide bonds.